The molecule has 0 aliphatic heterocycles. The minimum atomic E-state index is -0.671. The monoisotopic (exact) mass is 904 g/mol. The Labute approximate surface area is 399 Å². The van der Waals surface area contributed by atoms with E-state index in [0.717, 1.165) is 51.4 Å². The summed E-state index contributed by atoms with van der Waals surface area (Å²) in [6.07, 6.45) is 63.4. The molecule has 0 aromatic carbocycles. The second-order valence-corrected chi connectivity index (χ2v) is 20.0. The number of hydrogen-bond acceptors (Lipinski definition) is 5. The summed E-state index contributed by atoms with van der Waals surface area (Å²) in [6.45, 7) is 4.93. The Morgan fingerprint density at radius 3 is 1.12 bits per heavy atom. The Bertz CT molecular complexity index is 955. The van der Waals surface area contributed by atoms with Gasteiger partial charge in [0, 0.05) is 12.8 Å². The van der Waals surface area contributed by atoms with Crippen LogP contribution in [0.25, 0.3) is 0 Å². The van der Waals surface area contributed by atoms with Crippen molar-refractivity contribution in [3.05, 3.63) is 12.2 Å². The zero-order chi connectivity index (χ0) is 46.5. The molecule has 0 aromatic rings. The van der Waals surface area contributed by atoms with Crippen molar-refractivity contribution < 1.29 is 24.5 Å². The van der Waals surface area contributed by atoms with Crippen LogP contribution < -0.4 is 5.32 Å². The van der Waals surface area contributed by atoms with Crippen LogP contribution in [0.5, 0.6) is 0 Å². The van der Waals surface area contributed by atoms with E-state index < -0.39 is 12.1 Å². The number of aliphatic hydroxyl groups is 2. The molecule has 0 bridgehead atoms. The third kappa shape index (κ3) is 50.0. The topological polar surface area (TPSA) is 95.9 Å². The lowest BCUT2D eigenvalue weighted by Gasteiger charge is -2.22. The van der Waals surface area contributed by atoms with Crippen molar-refractivity contribution in [2.45, 2.75) is 334 Å². The molecule has 6 nitrogen and oxygen atoms in total. The van der Waals surface area contributed by atoms with Gasteiger partial charge in [-0.05, 0) is 51.4 Å². The summed E-state index contributed by atoms with van der Waals surface area (Å²) in [6, 6.07) is -0.549. The Balaban J connectivity index is 3.44. The number of rotatable bonds is 54. The van der Waals surface area contributed by atoms with Gasteiger partial charge in [0.1, 0.15) is 0 Å². The number of ether oxygens (including phenoxy) is 1. The molecule has 0 radical (unpaired) electrons. The van der Waals surface area contributed by atoms with Crippen LogP contribution in [-0.2, 0) is 14.3 Å². The van der Waals surface area contributed by atoms with Gasteiger partial charge < -0.3 is 20.3 Å². The molecule has 0 rings (SSSR count). The van der Waals surface area contributed by atoms with Crippen molar-refractivity contribution in [2.24, 2.45) is 0 Å². The summed E-state index contributed by atoms with van der Waals surface area (Å²) in [5, 5.41) is 23.3. The Morgan fingerprint density at radius 2 is 0.734 bits per heavy atom. The third-order valence-electron chi connectivity index (χ3n) is 13.6. The fraction of sp³-hybridized carbons (Fsp3) is 0.931. The molecule has 64 heavy (non-hydrogen) atoms. The third-order valence-corrected chi connectivity index (χ3v) is 13.6. The molecule has 380 valence electrons. The Kier molecular flexibility index (Phi) is 53.0. The van der Waals surface area contributed by atoms with Crippen LogP contribution in [0.15, 0.2) is 12.2 Å². The second-order valence-electron chi connectivity index (χ2n) is 20.0. The van der Waals surface area contributed by atoms with Gasteiger partial charge in [-0.2, -0.15) is 0 Å². The van der Waals surface area contributed by atoms with Crippen LogP contribution in [0.1, 0.15) is 322 Å². The molecule has 0 aliphatic rings. The minimum Gasteiger partial charge on any atom is -0.466 e. The number of amides is 1. The molecular formula is C58H113NO5. The highest BCUT2D eigenvalue weighted by atomic mass is 16.5. The summed E-state index contributed by atoms with van der Waals surface area (Å²) in [4.78, 5) is 24.5. The van der Waals surface area contributed by atoms with Gasteiger partial charge in [0.05, 0.1) is 25.4 Å². The molecule has 0 spiro atoms. The van der Waals surface area contributed by atoms with Gasteiger partial charge >= 0.3 is 5.97 Å². The number of aliphatic hydroxyl groups excluding tert-OH is 2. The van der Waals surface area contributed by atoms with Gasteiger partial charge in [-0.25, -0.2) is 0 Å². The molecular weight excluding hydrogens is 791 g/mol. The molecule has 0 fully saturated rings. The van der Waals surface area contributed by atoms with Gasteiger partial charge in [0.2, 0.25) is 5.91 Å². The predicted octanol–water partition coefficient (Wildman–Crippen LogP) is 17.7. The maximum absolute atomic E-state index is 12.5. The van der Waals surface area contributed by atoms with E-state index >= 15 is 0 Å². The van der Waals surface area contributed by atoms with E-state index in [0.29, 0.717) is 25.9 Å². The number of hydrogen-bond donors (Lipinski definition) is 3. The first-order chi connectivity index (χ1) is 31.5. The molecule has 0 saturated carbocycles. The lowest BCUT2D eigenvalue weighted by molar-refractivity contribution is -0.143. The van der Waals surface area contributed by atoms with Crippen LogP contribution in [0.2, 0.25) is 0 Å². The molecule has 3 N–H and O–H groups in total. The smallest absolute Gasteiger partial charge is 0.305 e. The molecule has 0 saturated heterocycles. The SMILES string of the molecule is CCCCCC/C=C\CCCCCCCC(=O)OCCCCCCCCCCCCCCCCC(=O)NC(CO)C(O)CCCCCCCCCCCCCCCCCCCCCC. The first-order valence-corrected chi connectivity index (χ1v) is 28.9. The zero-order valence-electron chi connectivity index (χ0n) is 43.3. The lowest BCUT2D eigenvalue weighted by atomic mass is 10.0. The van der Waals surface area contributed by atoms with Gasteiger partial charge in [0.15, 0.2) is 0 Å². The molecule has 6 heteroatoms. The molecule has 0 aromatic heterocycles. The van der Waals surface area contributed by atoms with Gasteiger partial charge in [-0.1, -0.05) is 270 Å². The average molecular weight is 905 g/mol. The minimum absolute atomic E-state index is 0.0105. The van der Waals surface area contributed by atoms with E-state index in [9.17, 15) is 19.8 Å². The van der Waals surface area contributed by atoms with Crippen LogP contribution >= 0.6 is 0 Å². The predicted molar refractivity (Wildman–Crippen MR) is 278 cm³/mol. The zero-order valence-corrected chi connectivity index (χ0v) is 43.3. The highest BCUT2D eigenvalue weighted by Gasteiger charge is 2.20. The summed E-state index contributed by atoms with van der Waals surface area (Å²) < 4.78 is 5.46. The van der Waals surface area contributed by atoms with Crippen molar-refractivity contribution >= 4 is 11.9 Å². The Hall–Kier alpha value is -1.40. The van der Waals surface area contributed by atoms with E-state index in [1.807, 2.05) is 0 Å². The van der Waals surface area contributed by atoms with Gasteiger partial charge in [0.25, 0.3) is 0 Å². The number of esters is 1. The van der Waals surface area contributed by atoms with Crippen LogP contribution in [-0.4, -0.2) is 47.4 Å². The van der Waals surface area contributed by atoms with Gasteiger partial charge in [-0.3, -0.25) is 9.59 Å². The standard InChI is InChI=1S/C58H113NO5/c1-3-5-7-9-11-13-15-17-18-19-20-21-22-23-27-30-34-38-42-46-50-56(61)55(54-60)59-57(62)51-47-43-39-35-31-28-24-25-29-33-37-41-45-49-53-64-58(63)52-48-44-40-36-32-26-16-14-12-10-8-6-4-2/h14,16,55-56,60-61H,3-13,15,17-54H2,1-2H3,(H,59,62)/b16-14-. The van der Waals surface area contributed by atoms with Crippen molar-refractivity contribution in [1.29, 1.82) is 0 Å². The fourth-order valence-electron chi connectivity index (χ4n) is 9.11. The highest BCUT2D eigenvalue weighted by Crippen LogP contribution is 2.18. The normalized spacial score (nSPS) is 12.6. The maximum atomic E-state index is 12.5. The number of allylic oxidation sites excluding steroid dienone is 2. The van der Waals surface area contributed by atoms with E-state index in [4.69, 9.17) is 4.74 Å². The van der Waals surface area contributed by atoms with Crippen molar-refractivity contribution in [3.8, 4) is 0 Å². The van der Waals surface area contributed by atoms with Crippen LogP contribution in [0.3, 0.4) is 0 Å². The number of unbranched alkanes of at least 4 members (excludes halogenated alkanes) is 41. The highest BCUT2D eigenvalue weighted by molar-refractivity contribution is 5.76. The van der Waals surface area contributed by atoms with Crippen molar-refractivity contribution in [1.82, 2.24) is 5.32 Å². The second kappa shape index (κ2) is 54.2. The lowest BCUT2D eigenvalue weighted by Crippen LogP contribution is -2.45. The van der Waals surface area contributed by atoms with Crippen molar-refractivity contribution in [2.75, 3.05) is 13.2 Å². The first-order valence-electron chi connectivity index (χ1n) is 28.9. The van der Waals surface area contributed by atoms with E-state index in [2.05, 4.69) is 31.3 Å². The molecule has 1 amide bonds. The summed E-state index contributed by atoms with van der Waals surface area (Å²) in [5.41, 5.74) is 0. The summed E-state index contributed by atoms with van der Waals surface area (Å²) in [7, 11) is 0. The molecule has 0 heterocycles. The van der Waals surface area contributed by atoms with Gasteiger partial charge in [-0.15, -0.1) is 0 Å². The quantitative estimate of drug-likeness (QED) is 0.0321. The largest absolute Gasteiger partial charge is 0.466 e. The number of carbonyl (C=O) groups is 2. The molecule has 2 atom stereocenters. The van der Waals surface area contributed by atoms with E-state index in [1.54, 1.807) is 0 Å². The molecule has 2 unspecified atom stereocenters. The van der Waals surface area contributed by atoms with Crippen LogP contribution in [0, 0.1) is 0 Å². The average Bonchev–Trinajstić information content (AvgIpc) is 3.29. The van der Waals surface area contributed by atoms with E-state index in [-0.39, 0.29) is 18.5 Å². The Morgan fingerprint density at radius 1 is 0.422 bits per heavy atom. The molecule has 0 aliphatic carbocycles. The fourth-order valence-corrected chi connectivity index (χ4v) is 9.11. The maximum Gasteiger partial charge on any atom is 0.305 e. The summed E-state index contributed by atoms with van der Waals surface area (Å²) in [5.74, 6) is -0.0531. The van der Waals surface area contributed by atoms with E-state index in [1.165, 1.54) is 238 Å². The summed E-state index contributed by atoms with van der Waals surface area (Å²) >= 11 is 0. The van der Waals surface area contributed by atoms with Crippen LogP contribution in [0.4, 0.5) is 0 Å². The number of nitrogens with one attached hydrogen (secondary N) is 1. The van der Waals surface area contributed by atoms with Crippen molar-refractivity contribution in [3.63, 3.8) is 0 Å². The number of carbonyl (C=O) groups excluding carboxylic acids is 2. The first kappa shape index (κ1) is 62.6.